The van der Waals surface area contributed by atoms with E-state index >= 15 is 0 Å². The summed E-state index contributed by atoms with van der Waals surface area (Å²) >= 11 is 7.37. The van der Waals surface area contributed by atoms with Crippen molar-refractivity contribution in [2.45, 2.75) is 5.37 Å². The second-order valence-electron chi connectivity index (χ2n) is 6.47. The standard InChI is InChI=1S/C22H16ClFN2O2S/c23-16-7-3-5-14(11-16)21(28)25-17-8-4-6-15(12-17)22-26(20(27)13-29-22)19-10-2-1-9-18(19)24/h1-12,22H,13H2,(H,25,28)/t22-/m1/s1. The van der Waals surface area contributed by atoms with E-state index in [-0.39, 0.29) is 28.6 Å². The van der Waals surface area contributed by atoms with Gasteiger partial charge in [-0.25, -0.2) is 4.39 Å². The monoisotopic (exact) mass is 426 g/mol. The minimum atomic E-state index is -0.446. The summed E-state index contributed by atoms with van der Waals surface area (Å²) in [5.74, 6) is -0.624. The Hall–Kier alpha value is -2.83. The van der Waals surface area contributed by atoms with E-state index in [0.29, 0.717) is 16.3 Å². The van der Waals surface area contributed by atoms with E-state index in [1.807, 2.05) is 6.07 Å². The lowest BCUT2D eigenvalue weighted by atomic mass is 10.1. The number of carbonyl (C=O) groups excluding carboxylic acids is 2. The zero-order chi connectivity index (χ0) is 20.4. The molecule has 3 aromatic rings. The van der Waals surface area contributed by atoms with Crippen molar-refractivity contribution in [2.24, 2.45) is 0 Å². The molecule has 1 aliphatic rings. The highest BCUT2D eigenvalue weighted by atomic mass is 35.5. The quantitative estimate of drug-likeness (QED) is 0.598. The molecule has 0 radical (unpaired) electrons. The molecule has 1 heterocycles. The molecule has 4 nitrogen and oxygen atoms in total. The van der Waals surface area contributed by atoms with Crippen LogP contribution in [0.25, 0.3) is 0 Å². The minimum absolute atomic E-state index is 0.154. The number of carbonyl (C=O) groups is 2. The van der Waals surface area contributed by atoms with Gasteiger partial charge in [-0.05, 0) is 48.0 Å². The molecule has 1 aliphatic heterocycles. The van der Waals surface area contributed by atoms with Gasteiger partial charge < -0.3 is 5.32 Å². The van der Waals surface area contributed by atoms with E-state index in [0.717, 1.165) is 5.56 Å². The van der Waals surface area contributed by atoms with Crippen molar-refractivity contribution < 1.29 is 14.0 Å². The van der Waals surface area contributed by atoms with E-state index in [2.05, 4.69) is 5.32 Å². The first-order chi connectivity index (χ1) is 14.0. The van der Waals surface area contributed by atoms with Crippen LogP contribution in [0, 0.1) is 5.82 Å². The zero-order valence-corrected chi connectivity index (χ0v) is 16.7. The van der Waals surface area contributed by atoms with Crippen LogP contribution >= 0.6 is 23.4 Å². The van der Waals surface area contributed by atoms with Crippen LogP contribution in [0.3, 0.4) is 0 Å². The van der Waals surface area contributed by atoms with Gasteiger partial charge >= 0.3 is 0 Å². The first kappa shape index (κ1) is 19.5. The van der Waals surface area contributed by atoms with E-state index in [1.54, 1.807) is 60.7 Å². The molecular weight excluding hydrogens is 411 g/mol. The molecule has 146 valence electrons. The molecule has 3 aromatic carbocycles. The average Bonchev–Trinajstić information content (AvgIpc) is 3.10. The van der Waals surface area contributed by atoms with Gasteiger partial charge in [0.25, 0.3) is 5.91 Å². The number of hydrogen-bond acceptors (Lipinski definition) is 3. The number of anilines is 2. The lowest BCUT2D eigenvalue weighted by Gasteiger charge is -2.25. The summed E-state index contributed by atoms with van der Waals surface area (Å²) in [5, 5.41) is 2.95. The second kappa shape index (κ2) is 8.27. The Morgan fingerprint density at radius 3 is 2.66 bits per heavy atom. The third kappa shape index (κ3) is 4.13. The smallest absolute Gasteiger partial charge is 0.255 e. The molecule has 1 atom stereocenters. The average molecular weight is 427 g/mol. The van der Waals surface area contributed by atoms with E-state index < -0.39 is 5.82 Å². The van der Waals surface area contributed by atoms with Crippen molar-refractivity contribution in [3.8, 4) is 0 Å². The highest BCUT2D eigenvalue weighted by molar-refractivity contribution is 8.00. The molecule has 0 unspecified atom stereocenters. The maximum Gasteiger partial charge on any atom is 0.255 e. The van der Waals surface area contributed by atoms with Gasteiger partial charge in [0.15, 0.2) is 0 Å². The first-order valence-electron chi connectivity index (χ1n) is 8.88. The van der Waals surface area contributed by atoms with Crippen LogP contribution in [0.4, 0.5) is 15.8 Å². The Morgan fingerprint density at radius 2 is 1.86 bits per heavy atom. The summed E-state index contributed by atoms with van der Waals surface area (Å²) < 4.78 is 14.3. The molecule has 1 N–H and O–H groups in total. The predicted molar refractivity (Wildman–Crippen MR) is 115 cm³/mol. The van der Waals surface area contributed by atoms with Crippen molar-refractivity contribution in [1.29, 1.82) is 0 Å². The first-order valence-corrected chi connectivity index (χ1v) is 10.3. The third-order valence-corrected chi connectivity index (χ3v) is 5.94. The Labute approximate surface area is 176 Å². The Bertz CT molecular complexity index is 1090. The summed E-state index contributed by atoms with van der Waals surface area (Å²) in [6, 6.07) is 20.1. The SMILES string of the molecule is O=C(Nc1cccc([C@H]2SCC(=O)N2c2ccccc2F)c1)c1cccc(Cl)c1. The molecule has 1 saturated heterocycles. The van der Waals surface area contributed by atoms with E-state index in [1.165, 1.54) is 22.7 Å². The molecule has 4 rings (SSSR count). The van der Waals surface area contributed by atoms with Crippen molar-refractivity contribution in [3.05, 3.63) is 94.8 Å². The molecule has 0 aliphatic carbocycles. The fourth-order valence-corrected chi connectivity index (χ4v) is 4.53. The summed E-state index contributed by atoms with van der Waals surface area (Å²) in [5.41, 5.74) is 2.08. The molecular formula is C22H16ClFN2O2S. The maximum absolute atomic E-state index is 14.3. The molecule has 0 spiro atoms. The van der Waals surface area contributed by atoms with Gasteiger partial charge in [-0.3, -0.25) is 14.5 Å². The van der Waals surface area contributed by atoms with Crippen molar-refractivity contribution in [1.82, 2.24) is 0 Å². The lowest BCUT2D eigenvalue weighted by Crippen LogP contribution is -2.28. The summed E-state index contributed by atoms with van der Waals surface area (Å²) in [6.07, 6.45) is 0. The number of benzene rings is 3. The summed E-state index contributed by atoms with van der Waals surface area (Å²) in [4.78, 5) is 26.4. The lowest BCUT2D eigenvalue weighted by molar-refractivity contribution is -0.115. The van der Waals surface area contributed by atoms with Crippen LogP contribution in [0.15, 0.2) is 72.8 Å². The Balaban J connectivity index is 1.60. The minimum Gasteiger partial charge on any atom is -0.322 e. The van der Waals surface area contributed by atoms with Crippen molar-refractivity contribution in [3.63, 3.8) is 0 Å². The topological polar surface area (TPSA) is 49.4 Å². The van der Waals surface area contributed by atoms with Gasteiger partial charge in [0.1, 0.15) is 11.2 Å². The molecule has 0 bridgehead atoms. The number of nitrogens with zero attached hydrogens (tertiary/aromatic N) is 1. The number of hydrogen-bond donors (Lipinski definition) is 1. The summed E-state index contributed by atoms with van der Waals surface area (Å²) in [7, 11) is 0. The van der Waals surface area contributed by atoms with Crippen LogP contribution < -0.4 is 10.2 Å². The Morgan fingerprint density at radius 1 is 1.07 bits per heavy atom. The molecule has 0 aromatic heterocycles. The summed E-state index contributed by atoms with van der Waals surface area (Å²) in [6.45, 7) is 0. The molecule has 2 amide bonds. The highest BCUT2D eigenvalue weighted by Gasteiger charge is 2.35. The Kier molecular flexibility index (Phi) is 5.56. The normalized spacial score (nSPS) is 16.1. The van der Waals surface area contributed by atoms with Gasteiger partial charge in [0.2, 0.25) is 5.91 Å². The van der Waals surface area contributed by atoms with Gasteiger partial charge in [0, 0.05) is 16.3 Å². The van der Waals surface area contributed by atoms with E-state index in [4.69, 9.17) is 11.6 Å². The van der Waals surface area contributed by atoms with Gasteiger partial charge in [-0.15, -0.1) is 11.8 Å². The number of para-hydroxylation sites is 1. The maximum atomic E-state index is 14.3. The van der Waals surface area contributed by atoms with Crippen LogP contribution in [-0.2, 0) is 4.79 Å². The van der Waals surface area contributed by atoms with Crippen LogP contribution in [-0.4, -0.2) is 17.6 Å². The van der Waals surface area contributed by atoms with Gasteiger partial charge in [-0.2, -0.15) is 0 Å². The van der Waals surface area contributed by atoms with Crippen molar-refractivity contribution in [2.75, 3.05) is 16.0 Å². The number of halogens is 2. The highest BCUT2D eigenvalue weighted by Crippen LogP contribution is 2.43. The van der Waals surface area contributed by atoms with Crippen LogP contribution in [0.5, 0.6) is 0 Å². The van der Waals surface area contributed by atoms with E-state index in [9.17, 15) is 14.0 Å². The number of thioether (sulfide) groups is 1. The van der Waals surface area contributed by atoms with Gasteiger partial charge in [-0.1, -0.05) is 41.9 Å². The molecule has 7 heteroatoms. The number of rotatable bonds is 4. The molecule has 29 heavy (non-hydrogen) atoms. The zero-order valence-electron chi connectivity index (χ0n) is 15.1. The van der Waals surface area contributed by atoms with Crippen molar-refractivity contribution >= 4 is 46.6 Å². The predicted octanol–water partition coefficient (Wildman–Crippen LogP) is 5.51. The number of amides is 2. The van der Waals surface area contributed by atoms with Gasteiger partial charge in [0.05, 0.1) is 11.4 Å². The second-order valence-corrected chi connectivity index (χ2v) is 7.97. The van der Waals surface area contributed by atoms with Crippen LogP contribution in [0.2, 0.25) is 5.02 Å². The fourth-order valence-electron chi connectivity index (χ4n) is 3.18. The molecule has 1 fully saturated rings. The van der Waals surface area contributed by atoms with Crippen LogP contribution in [0.1, 0.15) is 21.3 Å². The largest absolute Gasteiger partial charge is 0.322 e. The third-order valence-electron chi connectivity index (χ3n) is 4.50. The molecule has 0 saturated carbocycles. The number of nitrogens with one attached hydrogen (secondary N) is 1. The fraction of sp³-hybridized carbons (Fsp3) is 0.0909.